The molecule has 1 atom stereocenters. The van der Waals surface area contributed by atoms with Crippen LogP contribution in [0.3, 0.4) is 0 Å². The lowest BCUT2D eigenvalue weighted by Gasteiger charge is -2.36. The van der Waals surface area contributed by atoms with Crippen molar-refractivity contribution in [2.45, 2.75) is 65.1 Å². The zero-order valence-corrected chi connectivity index (χ0v) is 24.2. The van der Waals surface area contributed by atoms with Crippen LogP contribution in [0.1, 0.15) is 57.2 Å². The molecule has 216 valence electrons. The SMILES string of the molecule is C[C@@H](Cc1ccc2[nH]ncc2c1CN(C=O)CC(C)(C)C)NC(=O)N1CCC2(CC1)N=C(c1ccccc1)NC2=O. The first kappa shape index (κ1) is 28.3. The third kappa shape index (κ3) is 6.26. The van der Waals surface area contributed by atoms with Gasteiger partial charge in [0, 0.05) is 43.2 Å². The number of nitrogens with zero attached hydrogens (tertiary/aromatic N) is 4. The molecular weight excluding hydrogens is 518 g/mol. The number of hydrogen-bond acceptors (Lipinski definition) is 5. The Hall–Kier alpha value is -4.21. The third-order valence-electron chi connectivity index (χ3n) is 7.82. The van der Waals surface area contributed by atoms with Gasteiger partial charge in [-0.3, -0.25) is 19.7 Å². The van der Waals surface area contributed by atoms with E-state index in [-0.39, 0.29) is 23.4 Å². The predicted octanol–water partition coefficient (Wildman–Crippen LogP) is 3.62. The first-order valence-electron chi connectivity index (χ1n) is 14.2. The van der Waals surface area contributed by atoms with E-state index < -0.39 is 5.54 Å². The first-order chi connectivity index (χ1) is 19.6. The number of aliphatic imine (C=N–C) groups is 1. The molecule has 0 radical (unpaired) electrons. The van der Waals surface area contributed by atoms with Gasteiger partial charge < -0.3 is 20.4 Å². The van der Waals surface area contributed by atoms with E-state index in [9.17, 15) is 14.4 Å². The van der Waals surface area contributed by atoms with Crippen molar-refractivity contribution in [3.8, 4) is 0 Å². The second-order valence-electron chi connectivity index (χ2n) is 12.5. The van der Waals surface area contributed by atoms with Crippen molar-refractivity contribution in [2.24, 2.45) is 10.4 Å². The molecule has 4 amide bonds. The van der Waals surface area contributed by atoms with Crippen LogP contribution in [0.25, 0.3) is 10.9 Å². The van der Waals surface area contributed by atoms with Gasteiger partial charge in [0.25, 0.3) is 5.91 Å². The lowest BCUT2D eigenvalue weighted by Crippen LogP contribution is -2.53. The Bertz CT molecular complexity index is 1450. The Morgan fingerprint density at radius 2 is 1.90 bits per heavy atom. The highest BCUT2D eigenvalue weighted by atomic mass is 16.2. The number of urea groups is 1. The highest BCUT2D eigenvalue weighted by molar-refractivity contribution is 6.15. The third-order valence-corrected chi connectivity index (χ3v) is 7.82. The van der Waals surface area contributed by atoms with Gasteiger partial charge in [-0.05, 0) is 48.8 Å². The molecule has 3 aromatic rings. The quantitative estimate of drug-likeness (QED) is 0.366. The number of fused-ring (bicyclic) bond motifs is 1. The summed E-state index contributed by atoms with van der Waals surface area (Å²) >= 11 is 0. The molecule has 1 aromatic heterocycles. The number of piperidine rings is 1. The van der Waals surface area contributed by atoms with Crippen LogP contribution in [0, 0.1) is 5.41 Å². The van der Waals surface area contributed by atoms with E-state index in [2.05, 4.69) is 41.6 Å². The zero-order chi connectivity index (χ0) is 29.2. The topological polar surface area (TPSA) is 123 Å². The number of H-pyrrole nitrogens is 1. The lowest BCUT2D eigenvalue weighted by molar-refractivity contribution is -0.125. The number of amidine groups is 1. The summed E-state index contributed by atoms with van der Waals surface area (Å²) in [5, 5.41) is 14.3. The van der Waals surface area contributed by atoms with E-state index in [1.807, 2.05) is 49.4 Å². The lowest BCUT2D eigenvalue weighted by atomic mass is 9.88. The number of amides is 4. The average molecular weight is 558 g/mol. The Labute approximate surface area is 240 Å². The molecule has 0 bridgehead atoms. The van der Waals surface area contributed by atoms with Crippen molar-refractivity contribution < 1.29 is 14.4 Å². The summed E-state index contributed by atoms with van der Waals surface area (Å²) in [5.74, 6) is 0.506. The molecule has 3 N–H and O–H groups in total. The summed E-state index contributed by atoms with van der Waals surface area (Å²) in [6.07, 6.45) is 4.27. The zero-order valence-electron chi connectivity index (χ0n) is 24.2. The Morgan fingerprint density at radius 3 is 2.59 bits per heavy atom. The van der Waals surface area contributed by atoms with Crippen LogP contribution in [0.4, 0.5) is 4.79 Å². The molecule has 2 aliphatic rings. The summed E-state index contributed by atoms with van der Waals surface area (Å²) in [6.45, 7) is 10.3. The molecular formula is C31H39N7O3. The fourth-order valence-electron chi connectivity index (χ4n) is 5.79. The first-order valence-corrected chi connectivity index (χ1v) is 14.2. The molecule has 10 heteroatoms. The molecule has 1 saturated heterocycles. The van der Waals surface area contributed by atoms with Gasteiger partial charge in [-0.2, -0.15) is 5.10 Å². The molecule has 3 heterocycles. The highest BCUT2D eigenvalue weighted by Gasteiger charge is 2.46. The summed E-state index contributed by atoms with van der Waals surface area (Å²) < 4.78 is 0. The van der Waals surface area contributed by atoms with Crippen LogP contribution < -0.4 is 10.6 Å². The van der Waals surface area contributed by atoms with Gasteiger partial charge in [-0.25, -0.2) is 4.79 Å². The van der Waals surface area contributed by atoms with Crippen LogP contribution in [0.5, 0.6) is 0 Å². The summed E-state index contributed by atoms with van der Waals surface area (Å²) in [5.41, 5.74) is 3.05. The van der Waals surface area contributed by atoms with Gasteiger partial charge >= 0.3 is 6.03 Å². The Balaban J connectivity index is 1.23. The fourth-order valence-corrected chi connectivity index (χ4v) is 5.79. The number of aromatic nitrogens is 2. The minimum absolute atomic E-state index is 0.0345. The van der Waals surface area contributed by atoms with Gasteiger partial charge in [0.15, 0.2) is 0 Å². The van der Waals surface area contributed by atoms with Crippen LogP contribution in [0.2, 0.25) is 0 Å². The van der Waals surface area contributed by atoms with E-state index in [1.54, 1.807) is 16.0 Å². The average Bonchev–Trinajstić information content (AvgIpc) is 3.54. The highest BCUT2D eigenvalue weighted by Crippen LogP contribution is 2.31. The van der Waals surface area contributed by atoms with E-state index in [4.69, 9.17) is 4.99 Å². The minimum Gasteiger partial charge on any atom is -0.340 e. The molecule has 0 aliphatic carbocycles. The van der Waals surface area contributed by atoms with Crippen molar-refractivity contribution in [1.29, 1.82) is 0 Å². The van der Waals surface area contributed by atoms with Crippen molar-refractivity contribution in [2.75, 3.05) is 19.6 Å². The van der Waals surface area contributed by atoms with Gasteiger partial charge in [-0.1, -0.05) is 57.2 Å². The molecule has 0 unspecified atom stereocenters. The number of carbonyl (C=O) groups is 3. The summed E-state index contributed by atoms with van der Waals surface area (Å²) in [6, 6.07) is 13.4. The molecule has 0 saturated carbocycles. The predicted molar refractivity (Wildman–Crippen MR) is 158 cm³/mol. The fraction of sp³-hybridized carbons (Fsp3) is 0.452. The van der Waals surface area contributed by atoms with Crippen LogP contribution in [-0.4, -0.2) is 75.4 Å². The van der Waals surface area contributed by atoms with Crippen molar-refractivity contribution in [3.63, 3.8) is 0 Å². The number of nitrogens with one attached hydrogen (secondary N) is 3. The number of benzene rings is 2. The standard InChI is InChI=1S/C31H39N7O3/c1-21(16-23-10-11-26-24(17-32-36-26)25(23)18-37(20-39)19-30(2,3)4)33-29(41)38-14-12-31(13-15-38)28(40)34-27(35-31)22-8-6-5-7-9-22/h5-11,17,20-21H,12-16,18-19H2,1-4H3,(H,32,36)(H,33,41)(H,34,35,40)/t21-/m0/s1. The molecule has 10 nitrogen and oxygen atoms in total. The maximum Gasteiger partial charge on any atom is 0.317 e. The van der Waals surface area contributed by atoms with E-state index in [0.29, 0.717) is 51.3 Å². The van der Waals surface area contributed by atoms with Gasteiger partial charge in [0.05, 0.1) is 11.7 Å². The van der Waals surface area contributed by atoms with Gasteiger partial charge in [-0.15, -0.1) is 0 Å². The molecule has 2 aliphatic heterocycles. The van der Waals surface area contributed by atoms with Crippen LogP contribution in [0.15, 0.2) is 53.7 Å². The number of rotatable bonds is 8. The maximum atomic E-state index is 13.2. The van der Waals surface area contributed by atoms with Crippen molar-refractivity contribution in [1.82, 2.24) is 30.6 Å². The normalized spacial score (nSPS) is 17.3. The van der Waals surface area contributed by atoms with E-state index in [1.165, 1.54) is 0 Å². The van der Waals surface area contributed by atoms with Crippen molar-refractivity contribution >= 4 is 35.1 Å². The summed E-state index contributed by atoms with van der Waals surface area (Å²) in [7, 11) is 0. The Kier molecular flexibility index (Phi) is 7.84. The molecule has 5 rings (SSSR count). The second-order valence-corrected chi connectivity index (χ2v) is 12.5. The molecule has 1 spiro atoms. The van der Waals surface area contributed by atoms with E-state index in [0.717, 1.165) is 34.0 Å². The number of aromatic amines is 1. The molecule has 1 fully saturated rings. The molecule has 41 heavy (non-hydrogen) atoms. The van der Waals surface area contributed by atoms with Crippen LogP contribution >= 0.6 is 0 Å². The second kappa shape index (κ2) is 11.3. The van der Waals surface area contributed by atoms with Gasteiger partial charge in [0.2, 0.25) is 6.41 Å². The van der Waals surface area contributed by atoms with Crippen molar-refractivity contribution in [3.05, 3.63) is 65.4 Å². The van der Waals surface area contributed by atoms with Crippen LogP contribution in [-0.2, 0) is 22.6 Å². The Morgan fingerprint density at radius 1 is 1.17 bits per heavy atom. The van der Waals surface area contributed by atoms with E-state index >= 15 is 0 Å². The largest absolute Gasteiger partial charge is 0.340 e. The van der Waals surface area contributed by atoms with Gasteiger partial charge in [0.1, 0.15) is 11.4 Å². The minimum atomic E-state index is -0.819. The smallest absolute Gasteiger partial charge is 0.317 e. The number of carbonyl (C=O) groups excluding carboxylic acids is 3. The summed E-state index contributed by atoms with van der Waals surface area (Å²) in [4.78, 5) is 46.4. The number of hydrogen-bond donors (Lipinski definition) is 3. The monoisotopic (exact) mass is 557 g/mol. The number of likely N-dealkylation sites (tertiary alicyclic amines) is 1. The molecule has 2 aromatic carbocycles. The maximum absolute atomic E-state index is 13.2.